The fourth-order valence-electron chi connectivity index (χ4n) is 1.93. The van der Waals surface area contributed by atoms with Crippen molar-refractivity contribution < 1.29 is 8.42 Å². The molecule has 0 radical (unpaired) electrons. The molecule has 0 unspecified atom stereocenters. The van der Waals surface area contributed by atoms with Crippen molar-refractivity contribution in [1.82, 2.24) is 15.5 Å². The lowest BCUT2D eigenvalue weighted by Crippen LogP contribution is -2.19. The molecule has 6 nitrogen and oxygen atoms in total. The lowest BCUT2D eigenvalue weighted by molar-refractivity contribution is 0.597. The first-order valence-corrected chi connectivity index (χ1v) is 9.03. The van der Waals surface area contributed by atoms with E-state index in [1.165, 1.54) is 0 Å². The lowest BCUT2D eigenvalue weighted by atomic mass is 10.3. The number of aromatic amines is 1. The van der Waals surface area contributed by atoms with E-state index in [2.05, 4.69) is 42.8 Å². The van der Waals surface area contributed by atoms with Gasteiger partial charge in [-0.1, -0.05) is 19.1 Å². The fraction of sp³-hybridized carbons (Fsp3) is 0.308. The Balaban J connectivity index is 2.36. The number of sulfonamides is 1. The summed E-state index contributed by atoms with van der Waals surface area (Å²) in [7, 11) is -3.67. The first kappa shape index (κ1) is 16.2. The van der Waals surface area contributed by atoms with Crippen molar-refractivity contribution in [3.63, 3.8) is 0 Å². The number of H-pyrrole nitrogens is 1. The molecule has 0 spiro atoms. The van der Waals surface area contributed by atoms with Crippen LogP contribution in [0.2, 0.25) is 0 Å². The molecule has 2 aromatic rings. The van der Waals surface area contributed by atoms with E-state index >= 15 is 0 Å². The van der Waals surface area contributed by atoms with E-state index in [0.29, 0.717) is 23.6 Å². The Labute approximate surface area is 137 Å². The highest BCUT2D eigenvalue weighted by atomic mass is 127. The van der Waals surface area contributed by atoms with Gasteiger partial charge in [-0.15, -0.1) is 0 Å². The number of halogens is 1. The molecule has 0 aliphatic heterocycles. The van der Waals surface area contributed by atoms with E-state index in [1.807, 2.05) is 19.1 Å². The van der Waals surface area contributed by atoms with Gasteiger partial charge in [0, 0.05) is 10.1 Å². The third kappa shape index (κ3) is 3.74. The summed E-state index contributed by atoms with van der Waals surface area (Å²) in [5.41, 5.74) is 1.59. The fourth-order valence-corrected chi connectivity index (χ4v) is 4.08. The molecule has 1 aromatic carbocycles. The SMILES string of the molecule is CCNCc1n[nH]c(C)c1S(=O)(=O)Nc1ccccc1I. The minimum absolute atomic E-state index is 0.211. The molecule has 1 heterocycles. The van der Waals surface area contributed by atoms with Gasteiger partial charge in [0.05, 0.1) is 17.1 Å². The normalized spacial score (nSPS) is 11.6. The second-order valence-electron chi connectivity index (χ2n) is 4.49. The maximum absolute atomic E-state index is 12.6. The zero-order valence-electron chi connectivity index (χ0n) is 11.8. The molecule has 0 amide bonds. The van der Waals surface area contributed by atoms with Crippen molar-refractivity contribution in [2.24, 2.45) is 0 Å². The van der Waals surface area contributed by atoms with Crippen LogP contribution in [0, 0.1) is 10.5 Å². The topological polar surface area (TPSA) is 86.9 Å². The predicted octanol–water partition coefficient (Wildman–Crippen LogP) is 2.23. The number of aryl methyl sites for hydroxylation is 1. The van der Waals surface area contributed by atoms with Gasteiger partial charge in [-0.25, -0.2) is 8.42 Å². The summed E-state index contributed by atoms with van der Waals surface area (Å²) in [4.78, 5) is 0.211. The van der Waals surface area contributed by atoms with Crippen molar-refractivity contribution in [1.29, 1.82) is 0 Å². The highest BCUT2D eigenvalue weighted by molar-refractivity contribution is 14.1. The van der Waals surface area contributed by atoms with E-state index in [0.717, 1.165) is 10.1 Å². The van der Waals surface area contributed by atoms with Crippen LogP contribution in [0.1, 0.15) is 18.3 Å². The molecule has 0 atom stereocenters. The molecule has 0 aliphatic rings. The maximum Gasteiger partial charge on any atom is 0.265 e. The molecule has 0 saturated heterocycles. The van der Waals surface area contributed by atoms with Gasteiger partial charge < -0.3 is 5.32 Å². The molecule has 0 fully saturated rings. The highest BCUT2D eigenvalue weighted by Gasteiger charge is 2.24. The van der Waals surface area contributed by atoms with Gasteiger partial charge in [0.25, 0.3) is 10.0 Å². The van der Waals surface area contributed by atoms with E-state index in [-0.39, 0.29) is 4.90 Å². The van der Waals surface area contributed by atoms with Crippen molar-refractivity contribution >= 4 is 38.3 Å². The second kappa shape index (κ2) is 6.75. The van der Waals surface area contributed by atoms with E-state index in [1.54, 1.807) is 19.1 Å². The third-order valence-electron chi connectivity index (χ3n) is 2.89. The number of aromatic nitrogens is 2. The maximum atomic E-state index is 12.6. The molecule has 0 aliphatic carbocycles. The van der Waals surface area contributed by atoms with Crippen molar-refractivity contribution in [3.05, 3.63) is 39.2 Å². The largest absolute Gasteiger partial charge is 0.311 e. The van der Waals surface area contributed by atoms with Crippen LogP contribution >= 0.6 is 22.6 Å². The number of nitrogens with one attached hydrogen (secondary N) is 3. The van der Waals surface area contributed by atoms with Crippen molar-refractivity contribution in [3.8, 4) is 0 Å². The minimum atomic E-state index is -3.67. The lowest BCUT2D eigenvalue weighted by Gasteiger charge is -2.10. The van der Waals surface area contributed by atoms with Crippen LogP contribution in [0.4, 0.5) is 5.69 Å². The minimum Gasteiger partial charge on any atom is -0.311 e. The van der Waals surface area contributed by atoms with Gasteiger partial charge in [-0.2, -0.15) is 5.10 Å². The third-order valence-corrected chi connectivity index (χ3v) is 5.40. The Morgan fingerprint density at radius 1 is 1.33 bits per heavy atom. The zero-order chi connectivity index (χ0) is 15.5. The standard InChI is InChI=1S/C13H17IN4O2S/c1-3-15-8-12-13(9(2)16-17-12)21(19,20)18-11-7-5-4-6-10(11)14/h4-7,15,18H,3,8H2,1-2H3,(H,16,17). The molecule has 114 valence electrons. The molecular weight excluding hydrogens is 403 g/mol. The molecule has 2 rings (SSSR count). The quantitative estimate of drug-likeness (QED) is 0.626. The summed E-state index contributed by atoms with van der Waals surface area (Å²) in [6.07, 6.45) is 0. The number of benzene rings is 1. The molecular formula is C13H17IN4O2S. The van der Waals surface area contributed by atoms with Gasteiger partial charge in [0.2, 0.25) is 0 Å². The number of para-hydroxylation sites is 1. The Bertz CT molecular complexity index is 728. The summed E-state index contributed by atoms with van der Waals surface area (Å²) in [6.45, 7) is 4.81. The number of rotatable bonds is 6. The van der Waals surface area contributed by atoms with Crippen LogP contribution < -0.4 is 10.0 Å². The van der Waals surface area contributed by atoms with Crippen LogP contribution in [-0.4, -0.2) is 25.2 Å². The van der Waals surface area contributed by atoms with E-state index < -0.39 is 10.0 Å². The molecule has 1 aromatic heterocycles. The van der Waals surface area contributed by atoms with E-state index in [4.69, 9.17) is 0 Å². The highest BCUT2D eigenvalue weighted by Crippen LogP contribution is 2.24. The number of hydrogen-bond acceptors (Lipinski definition) is 4. The molecule has 0 bridgehead atoms. The number of nitrogens with zero attached hydrogens (tertiary/aromatic N) is 1. The summed E-state index contributed by atoms with van der Waals surface area (Å²) >= 11 is 2.10. The molecule has 3 N–H and O–H groups in total. The number of hydrogen-bond donors (Lipinski definition) is 3. The van der Waals surface area contributed by atoms with Gasteiger partial charge >= 0.3 is 0 Å². The van der Waals surface area contributed by atoms with Gasteiger partial charge in [-0.3, -0.25) is 9.82 Å². The molecule has 21 heavy (non-hydrogen) atoms. The van der Waals surface area contributed by atoms with Crippen LogP contribution in [0.5, 0.6) is 0 Å². The Hall–Kier alpha value is -1.13. The first-order chi connectivity index (χ1) is 9.95. The monoisotopic (exact) mass is 420 g/mol. The van der Waals surface area contributed by atoms with Gasteiger partial charge in [0.1, 0.15) is 4.90 Å². The average Bonchev–Trinajstić information content (AvgIpc) is 2.81. The summed E-state index contributed by atoms with van der Waals surface area (Å²) in [5, 5.41) is 9.91. The smallest absolute Gasteiger partial charge is 0.265 e. The van der Waals surface area contributed by atoms with Crippen LogP contribution in [0.3, 0.4) is 0 Å². The summed E-state index contributed by atoms with van der Waals surface area (Å²) in [5.74, 6) is 0. The molecule has 8 heteroatoms. The second-order valence-corrected chi connectivity index (χ2v) is 7.27. The predicted molar refractivity (Wildman–Crippen MR) is 90.7 cm³/mol. The van der Waals surface area contributed by atoms with E-state index in [9.17, 15) is 8.42 Å². The van der Waals surface area contributed by atoms with Gasteiger partial charge in [-0.05, 0) is 48.2 Å². The first-order valence-electron chi connectivity index (χ1n) is 6.47. The van der Waals surface area contributed by atoms with Crippen molar-refractivity contribution in [2.75, 3.05) is 11.3 Å². The summed E-state index contributed by atoms with van der Waals surface area (Å²) in [6, 6.07) is 7.24. The Morgan fingerprint density at radius 3 is 2.71 bits per heavy atom. The number of anilines is 1. The van der Waals surface area contributed by atoms with Crippen LogP contribution in [0.15, 0.2) is 29.2 Å². The van der Waals surface area contributed by atoms with Gasteiger partial charge in [0.15, 0.2) is 0 Å². The Kier molecular flexibility index (Phi) is 5.22. The van der Waals surface area contributed by atoms with Crippen LogP contribution in [0.25, 0.3) is 0 Å². The van der Waals surface area contributed by atoms with Crippen molar-refractivity contribution in [2.45, 2.75) is 25.3 Å². The zero-order valence-corrected chi connectivity index (χ0v) is 14.7. The van der Waals surface area contributed by atoms with Crippen LogP contribution in [-0.2, 0) is 16.6 Å². The summed E-state index contributed by atoms with van der Waals surface area (Å²) < 4.78 is 28.7. The Morgan fingerprint density at radius 2 is 2.05 bits per heavy atom. The average molecular weight is 420 g/mol. The molecule has 0 saturated carbocycles.